The molecule has 5 heteroatoms. The summed E-state index contributed by atoms with van der Waals surface area (Å²) in [6.07, 6.45) is 3.43. The van der Waals surface area contributed by atoms with Crippen molar-refractivity contribution in [3.8, 4) is 6.07 Å². The summed E-state index contributed by atoms with van der Waals surface area (Å²) in [5.74, 6) is 0.274. The molecule has 0 aromatic carbocycles. The van der Waals surface area contributed by atoms with Crippen molar-refractivity contribution in [2.75, 3.05) is 12.0 Å². The molecule has 3 N–H and O–H groups in total. The Bertz CT molecular complexity index is 304. The van der Waals surface area contributed by atoms with Crippen LogP contribution >= 0.6 is 11.8 Å². The zero-order chi connectivity index (χ0) is 8.27. The van der Waals surface area contributed by atoms with Crippen LogP contribution in [0.4, 0.5) is 5.82 Å². The van der Waals surface area contributed by atoms with Crippen LogP contribution < -0.4 is 10.7 Å². The number of aromatic nitrogens is 2. The fourth-order valence-corrected chi connectivity index (χ4v) is 0.970. The van der Waals surface area contributed by atoms with Gasteiger partial charge in [-0.25, -0.2) is 4.98 Å². The van der Waals surface area contributed by atoms with E-state index >= 15 is 0 Å². The van der Waals surface area contributed by atoms with E-state index in [0.717, 1.165) is 0 Å². The smallest absolute Gasteiger partial charge is 0.359 e. The molecule has 4 nitrogen and oxygen atoms in total. The van der Waals surface area contributed by atoms with Crippen molar-refractivity contribution in [2.24, 2.45) is 0 Å². The lowest BCUT2D eigenvalue weighted by Gasteiger charge is -1.87. The molecule has 0 bridgehead atoms. The molecule has 0 aliphatic heterocycles. The Labute approximate surface area is 68.5 Å². The van der Waals surface area contributed by atoms with Gasteiger partial charge >= 0.3 is 5.16 Å². The summed E-state index contributed by atoms with van der Waals surface area (Å²) in [7, 11) is 0. The molecule has 0 atom stereocenters. The molecule has 0 amide bonds. The van der Waals surface area contributed by atoms with E-state index < -0.39 is 0 Å². The van der Waals surface area contributed by atoms with Crippen LogP contribution in [0.25, 0.3) is 0 Å². The normalized spacial score (nSPS) is 9.09. The maximum absolute atomic E-state index is 8.49. The summed E-state index contributed by atoms with van der Waals surface area (Å²) in [5, 5.41) is 9.19. The number of H-pyrrole nitrogens is 1. The maximum Gasteiger partial charge on any atom is 0.359 e. The molecule has 0 radical (unpaired) electrons. The first-order valence-corrected chi connectivity index (χ1v) is 4.12. The third-order valence-electron chi connectivity index (χ3n) is 1.15. The Morgan fingerprint density at radius 1 is 1.82 bits per heavy atom. The highest BCUT2D eigenvalue weighted by molar-refractivity contribution is 7.98. The average molecular weight is 167 g/mol. The van der Waals surface area contributed by atoms with Crippen molar-refractivity contribution < 1.29 is 4.98 Å². The SMILES string of the molecule is CSc1nc(N)c(C#N)c[nH+]1. The van der Waals surface area contributed by atoms with E-state index in [1.807, 2.05) is 12.3 Å². The maximum atomic E-state index is 8.49. The third-order valence-corrected chi connectivity index (χ3v) is 1.75. The molecule has 0 spiro atoms. The second-order valence-corrected chi connectivity index (χ2v) is 2.62. The Morgan fingerprint density at radius 3 is 3.00 bits per heavy atom. The number of nitrogens with one attached hydrogen (secondary N) is 1. The van der Waals surface area contributed by atoms with Gasteiger partial charge in [0, 0.05) is 0 Å². The molecule has 56 valence electrons. The van der Waals surface area contributed by atoms with Gasteiger partial charge < -0.3 is 5.73 Å². The van der Waals surface area contributed by atoms with E-state index in [1.54, 1.807) is 6.20 Å². The first kappa shape index (κ1) is 7.82. The minimum absolute atomic E-state index is 0.274. The second kappa shape index (κ2) is 3.21. The highest BCUT2D eigenvalue weighted by atomic mass is 32.2. The molecular weight excluding hydrogens is 160 g/mol. The molecular formula is C6H7N4S+. The highest BCUT2D eigenvalue weighted by Crippen LogP contribution is 2.08. The Balaban J connectivity index is 3.12. The zero-order valence-electron chi connectivity index (χ0n) is 5.96. The van der Waals surface area contributed by atoms with Gasteiger partial charge in [-0.3, -0.25) is 0 Å². The average Bonchev–Trinajstić information content (AvgIpc) is 2.04. The van der Waals surface area contributed by atoms with E-state index in [2.05, 4.69) is 9.97 Å². The number of rotatable bonds is 1. The number of nitrogens with zero attached hydrogens (tertiary/aromatic N) is 2. The van der Waals surface area contributed by atoms with Gasteiger partial charge in [0.25, 0.3) is 5.82 Å². The van der Waals surface area contributed by atoms with Gasteiger partial charge in [0.05, 0.1) is 0 Å². The molecule has 0 aliphatic carbocycles. The van der Waals surface area contributed by atoms with Crippen LogP contribution in [0.1, 0.15) is 5.56 Å². The molecule has 1 aromatic rings. The van der Waals surface area contributed by atoms with Gasteiger partial charge in [-0.15, -0.1) is 0 Å². The van der Waals surface area contributed by atoms with Crippen molar-refractivity contribution in [2.45, 2.75) is 5.16 Å². The molecule has 0 unspecified atom stereocenters. The predicted molar refractivity (Wildman–Crippen MR) is 41.7 cm³/mol. The number of nitrogen functional groups attached to an aromatic ring is 1. The van der Waals surface area contributed by atoms with Gasteiger partial charge in [0.15, 0.2) is 5.56 Å². The first-order valence-electron chi connectivity index (χ1n) is 2.90. The molecule has 0 aliphatic rings. The van der Waals surface area contributed by atoms with Crippen molar-refractivity contribution in [3.63, 3.8) is 0 Å². The number of nitrogens with two attached hydrogens (primary N) is 1. The summed E-state index contributed by atoms with van der Waals surface area (Å²) in [6, 6.07) is 1.92. The molecule has 11 heavy (non-hydrogen) atoms. The summed E-state index contributed by atoms with van der Waals surface area (Å²) < 4.78 is 0. The molecule has 1 heterocycles. The van der Waals surface area contributed by atoms with E-state index in [9.17, 15) is 0 Å². The largest absolute Gasteiger partial charge is 0.362 e. The van der Waals surface area contributed by atoms with Crippen LogP contribution in [0.2, 0.25) is 0 Å². The van der Waals surface area contributed by atoms with Gasteiger partial charge in [-0.2, -0.15) is 5.26 Å². The summed E-state index contributed by atoms with van der Waals surface area (Å²) >= 11 is 1.45. The fourth-order valence-electron chi connectivity index (χ4n) is 0.604. The standard InChI is InChI=1S/C6H6N4S/c1-11-6-9-3-4(2-7)5(8)10-6/h3H,1H3,(H2,8,9,10)/p+1. The molecule has 1 aromatic heterocycles. The lowest BCUT2D eigenvalue weighted by atomic mass is 10.3. The van der Waals surface area contributed by atoms with Gasteiger partial charge in [-0.05, 0) is 23.0 Å². The van der Waals surface area contributed by atoms with E-state index in [0.29, 0.717) is 10.7 Å². The number of nitriles is 1. The topological polar surface area (TPSA) is 76.8 Å². The quantitative estimate of drug-likeness (QED) is 0.474. The zero-order valence-corrected chi connectivity index (χ0v) is 6.77. The number of thioether (sulfide) groups is 1. The Hall–Kier alpha value is -1.28. The monoisotopic (exact) mass is 167 g/mol. The number of aromatic amines is 1. The number of hydrogen-bond donors (Lipinski definition) is 1. The van der Waals surface area contributed by atoms with E-state index in [-0.39, 0.29) is 5.82 Å². The van der Waals surface area contributed by atoms with Crippen LogP contribution in [0.3, 0.4) is 0 Å². The minimum Gasteiger partial charge on any atom is -0.362 e. The van der Waals surface area contributed by atoms with Gasteiger partial charge in [0.2, 0.25) is 0 Å². The Kier molecular flexibility index (Phi) is 2.28. The van der Waals surface area contributed by atoms with Crippen LogP contribution in [-0.2, 0) is 0 Å². The highest BCUT2D eigenvalue weighted by Gasteiger charge is 2.09. The van der Waals surface area contributed by atoms with Gasteiger partial charge in [0.1, 0.15) is 12.3 Å². The molecule has 1 rings (SSSR count). The number of hydrogen-bond acceptors (Lipinski definition) is 4. The molecule has 0 saturated heterocycles. The lowest BCUT2D eigenvalue weighted by molar-refractivity contribution is -0.433. The minimum atomic E-state index is 0.274. The van der Waals surface area contributed by atoms with Crippen LogP contribution in [-0.4, -0.2) is 11.2 Å². The van der Waals surface area contributed by atoms with Crippen molar-refractivity contribution in [1.82, 2.24) is 4.98 Å². The molecule has 0 fully saturated rings. The number of anilines is 1. The van der Waals surface area contributed by atoms with Crippen molar-refractivity contribution in [3.05, 3.63) is 11.8 Å². The van der Waals surface area contributed by atoms with Crippen molar-refractivity contribution >= 4 is 17.6 Å². The van der Waals surface area contributed by atoms with Gasteiger partial charge in [-0.1, -0.05) is 0 Å². The van der Waals surface area contributed by atoms with E-state index in [1.165, 1.54) is 11.8 Å². The van der Waals surface area contributed by atoms with Crippen LogP contribution in [0, 0.1) is 11.3 Å². The van der Waals surface area contributed by atoms with Crippen LogP contribution in [0.5, 0.6) is 0 Å². The van der Waals surface area contributed by atoms with Crippen LogP contribution in [0.15, 0.2) is 11.4 Å². The van der Waals surface area contributed by atoms with E-state index in [4.69, 9.17) is 11.0 Å². The lowest BCUT2D eigenvalue weighted by Crippen LogP contribution is -2.11. The summed E-state index contributed by atoms with van der Waals surface area (Å²) in [5.41, 5.74) is 5.82. The summed E-state index contributed by atoms with van der Waals surface area (Å²) in [4.78, 5) is 6.75. The van der Waals surface area contributed by atoms with Crippen molar-refractivity contribution in [1.29, 1.82) is 5.26 Å². The Morgan fingerprint density at radius 2 is 2.55 bits per heavy atom. The third kappa shape index (κ3) is 1.59. The predicted octanol–water partition coefficient (Wildman–Crippen LogP) is 0.0715. The fraction of sp³-hybridized carbons (Fsp3) is 0.167. The summed E-state index contributed by atoms with van der Waals surface area (Å²) in [6.45, 7) is 0. The molecule has 0 saturated carbocycles. The first-order chi connectivity index (χ1) is 5.27. The second-order valence-electron chi connectivity index (χ2n) is 1.82.